The maximum Gasteiger partial charge on any atom is 0.159 e. The van der Waals surface area contributed by atoms with Gasteiger partial charge in [-0.3, -0.25) is 4.79 Å². The van der Waals surface area contributed by atoms with Gasteiger partial charge in [0.2, 0.25) is 0 Å². The zero-order chi connectivity index (χ0) is 18.8. The molecule has 2 aromatic carbocycles. The monoisotopic (exact) mass is 370 g/mol. The predicted molar refractivity (Wildman–Crippen MR) is 107 cm³/mol. The van der Waals surface area contributed by atoms with Gasteiger partial charge in [-0.2, -0.15) is 5.26 Å². The Balaban J connectivity index is 1.65. The number of benzene rings is 2. The highest BCUT2D eigenvalue weighted by Crippen LogP contribution is 2.29. The predicted octanol–water partition coefficient (Wildman–Crippen LogP) is 5.82. The van der Waals surface area contributed by atoms with Crippen molar-refractivity contribution in [3.8, 4) is 17.4 Å². The maximum atomic E-state index is 11.4. The van der Waals surface area contributed by atoms with Crippen LogP contribution in [0.25, 0.3) is 33.2 Å². The Kier molecular flexibility index (Phi) is 4.41. The number of furan rings is 1. The number of thiazole rings is 1. The Bertz CT molecular complexity index is 1170. The number of aromatic nitrogens is 1. The van der Waals surface area contributed by atoms with E-state index < -0.39 is 0 Å². The quantitative estimate of drug-likeness (QED) is 0.335. The van der Waals surface area contributed by atoms with Crippen LogP contribution in [0.4, 0.5) is 0 Å². The second-order valence-electron chi connectivity index (χ2n) is 5.99. The number of ketones is 1. The van der Waals surface area contributed by atoms with E-state index in [2.05, 4.69) is 11.1 Å². The topological polar surface area (TPSA) is 66.9 Å². The molecule has 0 radical (unpaired) electrons. The molecule has 0 aliphatic carbocycles. The molecule has 0 unspecified atom stereocenters. The van der Waals surface area contributed by atoms with E-state index in [1.165, 1.54) is 18.3 Å². The van der Waals surface area contributed by atoms with Crippen molar-refractivity contribution in [3.05, 3.63) is 77.0 Å². The Morgan fingerprint density at radius 1 is 1.11 bits per heavy atom. The first-order valence-electron chi connectivity index (χ1n) is 8.33. The smallest absolute Gasteiger partial charge is 0.159 e. The van der Waals surface area contributed by atoms with E-state index in [0.717, 1.165) is 15.8 Å². The van der Waals surface area contributed by atoms with Gasteiger partial charge >= 0.3 is 0 Å². The van der Waals surface area contributed by atoms with Crippen LogP contribution >= 0.6 is 11.3 Å². The highest BCUT2D eigenvalue weighted by Gasteiger charge is 2.11. The summed E-state index contributed by atoms with van der Waals surface area (Å²) in [6.07, 6.45) is 1.70. The van der Waals surface area contributed by atoms with Gasteiger partial charge < -0.3 is 4.42 Å². The number of nitrogens with zero attached hydrogens (tertiary/aromatic N) is 2. The van der Waals surface area contributed by atoms with Crippen molar-refractivity contribution in [1.82, 2.24) is 4.98 Å². The summed E-state index contributed by atoms with van der Waals surface area (Å²) in [4.78, 5) is 15.9. The van der Waals surface area contributed by atoms with E-state index in [9.17, 15) is 10.1 Å². The van der Waals surface area contributed by atoms with Gasteiger partial charge in [0.15, 0.2) is 5.78 Å². The molecule has 0 spiro atoms. The first-order chi connectivity index (χ1) is 13.1. The summed E-state index contributed by atoms with van der Waals surface area (Å²) < 4.78 is 6.90. The Labute approximate surface area is 160 Å². The number of fused-ring (bicyclic) bond motifs is 1. The molecule has 2 aromatic heterocycles. The zero-order valence-electron chi connectivity index (χ0n) is 14.5. The van der Waals surface area contributed by atoms with Crippen LogP contribution in [0.3, 0.4) is 0 Å². The van der Waals surface area contributed by atoms with Crippen LogP contribution in [0.2, 0.25) is 0 Å². The lowest BCUT2D eigenvalue weighted by Gasteiger charge is -1.99. The van der Waals surface area contributed by atoms with E-state index >= 15 is 0 Å². The molecule has 4 rings (SSSR count). The molecule has 4 nitrogen and oxygen atoms in total. The van der Waals surface area contributed by atoms with Gasteiger partial charge in [0.25, 0.3) is 0 Å². The molecule has 0 aliphatic heterocycles. The minimum Gasteiger partial charge on any atom is -0.457 e. The molecule has 0 aliphatic rings. The van der Waals surface area contributed by atoms with Crippen molar-refractivity contribution in [2.75, 3.05) is 0 Å². The average molecular weight is 370 g/mol. The second-order valence-corrected chi connectivity index (χ2v) is 7.02. The summed E-state index contributed by atoms with van der Waals surface area (Å²) in [7, 11) is 0. The minimum atomic E-state index is 0.0270. The molecule has 4 aromatic rings. The molecule has 0 bridgehead atoms. The van der Waals surface area contributed by atoms with E-state index in [4.69, 9.17) is 4.42 Å². The van der Waals surface area contributed by atoms with Crippen molar-refractivity contribution >= 4 is 39.0 Å². The molecule has 130 valence electrons. The molecular formula is C22H14N2O2S. The lowest BCUT2D eigenvalue weighted by atomic mass is 10.1. The van der Waals surface area contributed by atoms with Crippen LogP contribution in [0.5, 0.6) is 0 Å². The normalized spacial score (nSPS) is 11.5. The summed E-state index contributed by atoms with van der Waals surface area (Å²) in [5.74, 6) is 1.29. The highest BCUT2D eigenvalue weighted by atomic mass is 32.1. The summed E-state index contributed by atoms with van der Waals surface area (Å²) in [5, 5.41) is 10.2. The fourth-order valence-electron chi connectivity index (χ4n) is 2.73. The van der Waals surface area contributed by atoms with Gasteiger partial charge in [0.05, 0.1) is 15.8 Å². The molecule has 0 atom stereocenters. The van der Waals surface area contributed by atoms with E-state index in [1.807, 2.05) is 48.5 Å². The molecule has 0 saturated carbocycles. The molecule has 0 amide bonds. The number of carbonyl (C=O) groups excluding carboxylic acids is 1. The number of para-hydroxylation sites is 1. The third kappa shape index (κ3) is 3.43. The fraction of sp³-hybridized carbons (Fsp3) is 0.0455. The molecular weight excluding hydrogens is 356 g/mol. The third-order valence-corrected chi connectivity index (χ3v) is 5.20. The van der Waals surface area contributed by atoms with Crippen molar-refractivity contribution in [2.24, 2.45) is 0 Å². The van der Waals surface area contributed by atoms with Gasteiger partial charge in [-0.05, 0) is 31.2 Å². The number of carbonyl (C=O) groups is 1. The molecule has 5 heteroatoms. The van der Waals surface area contributed by atoms with Gasteiger partial charge in [-0.1, -0.05) is 36.4 Å². The molecule has 27 heavy (non-hydrogen) atoms. The molecule has 0 fully saturated rings. The number of nitriles is 1. The summed E-state index contributed by atoms with van der Waals surface area (Å²) in [5.41, 5.74) is 2.87. The van der Waals surface area contributed by atoms with Crippen LogP contribution in [0.1, 0.15) is 28.0 Å². The van der Waals surface area contributed by atoms with Crippen molar-refractivity contribution < 1.29 is 9.21 Å². The van der Waals surface area contributed by atoms with Gasteiger partial charge in [-0.15, -0.1) is 11.3 Å². The molecule has 0 saturated heterocycles. The van der Waals surface area contributed by atoms with Crippen LogP contribution in [0, 0.1) is 11.3 Å². The third-order valence-electron chi connectivity index (χ3n) is 4.13. The fourth-order valence-corrected chi connectivity index (χ4v) is 3.66. The SMILES string of the molecule is CC(=O)c1ccc(-c2ccc(/C=C(/C#N)c3nc4ccccc4s3)o2)cc1. The minimum absolute atomic E-state index is 0.0270. The van der Waals surface area contributed by atoms with E-state index in [-0.39, 0.29) is 5.78 Å². The summed E-state index contributed by atoms with van der Waals surface area (Å²) >= 11 is 1.48. The lowest BCUT2D eigenvalue weighted by Crippen LogP contribution is -1.90. The number of hydrogen-bond donors (Lipinski definition) is 0. The average Bonchev–Trinajstić information content (AvgIpc) is 3.33. The lowest BCUT2D eigenvalue weighted by molar-refractivity contribution is 0.101. The highest BCUT2D eigenvalue weighted by molar-refractivity contribution is 7.19. The standard InChI is InChI=1S/C22H14N2O2S/c1-14(25)15-6-8-16(9-7-15)20-11-10-18(26-20)12-17(13-23)22-24-19-4-2-3-5-21(19)27-22/h2-12H,1H3/b17-12-. The summed E-state index contributed by atoms with van der Waals surface area (Å²) in [6.45, 7) is 1.54. The first-order valence-corrected chi connectivity index (χ1v) is 9.14. The van der Waals surface area contributed by atoms with Crippen molar-refractivity contribution in [3.63, 3.8) is 0 Å². The number of Topliss-reactive ketones (excluding diaryl/α,β-unsaturated/α-hetero) is 1. The van der Waals surface area contributed by atoms with Crippen LogP contribution in [-0.2, 0) is 0 Å². The van der Waals surface area contributed by atoms with Crippen molar-refractivity contribution in [1.29, 1.82) is 5.26 Å². The number of rotatable bonds is 4. The molecule has 2 heterocycles. The van der Waals surface area contributed by atoms with Crippen LogP contribution in [-0.4, -0.2) is 10.8 Å². The summed E-state index contributed by atoms with van der Waals surface area (Å²) in [6, 6.07) is 20.9. The Morgan fingerprint density at radius 3 is 2.59 bits per heavy atom. The van der Waals surface area contributed by atoms with Gasteiger partial charge in [0.1, 0.15) is 22.6 Å². The van der Waals surface area contributed by atoms with Gasteiger partial charge in [0, 0.05) is 17.2 Å². The van der Waals surface area contributed by atoms with Crippen LogP contribution < -0.4 is 0 Å². The maximum absolute atomic E-state index is 11.4. The molecule has 0 N–H and O–H groups in total. The Morgan fingerprint density at radius 2 is 1.89 bits per heavy atom. The first kappa shape index (κ1) is 17.0. The van der Waals surface area contributed by atoms with E-state index in [1.54, 1.807) is 18.2 Å². The van der Waals surface area contributed by atoms with Gasteiger partial charge in [-0.25, -0.2) is 4.98 Å². The number of allylic oxidation sites excluding steroid dienone is 1. The second kappa shape index (κ2) is 7.02. The Hall–Kier alpha value is -3.49. The largest absolute Gasteiger partial charge is 0.457 e. The zero-order valence-corrected chi connectivity index (χ0v) is 15.3. The van der Waals surface area contributed by atoms with Crippen LogP contribution in [0.15, 0.2) is 65.1 Å². The van der Waals surface area contributed by atoms with E-state index in [0.29, 0.717) is 27.7 Å². The number of hydrogen-bond acceptors (Lipinski definition) is 5. The van der Waals surface area contributed by atoms with Crippen molar-refractivity contribution in [2.45, 2.75) is 6.92 Å².